The first-order valence-electron chi connectivity index (χ1n) is 10.9. The lowest BCUT2D eigenvalue weighted by molar-refractivity contribution is 0.208. The van der Waals surface area contributed by atoms with Crippen molar-refractivity contribution in [1.82, 2.24) is 30.1 Å². The summed E-state index contributed by atoms with van der Waals surface area (Å²) >= 11 is 0. The third-order valence-corrected chi connectivity index (χ3v) is 6.15. The molecule has 0 amide bonds. The number of aromatic nitrogens is 5. The maximum Gasteiger partial charge on any atom is 0.253 e. The summed E-state index contributed by atoms with van der Waals surface area (Å²) in [6.07, 6.45) is 4.69. The van der Waals surface area contributed by atoms with Crippen LogP contribution in [0, 0.1) is 13.8 Å². The molecule has 4 rings (SSSR count). The van der Waals surface area contributed by atoms with Crippen molar-refractivity contribution in [2.75, 3.05) is 13.1 Å². The van der Waals surface area contributed by atoms with Crippen LogP contribution < -0.4 is 5.56 Å². The van der Waals surface area contributed by atoms with Crippen molar-refractivity contribution in [2.24, 2.45) is 0 Å². The van der Waals surface area contributed by atoms with E-state index in [0.29, 0.717) is 0 Å². The predicted molar refractivity (Wildman–Crippen MR) is 119 cm³/mol. The van der Waals surface area contributed by atoms with Gasteiger partial charge in [0.25, 0.3) is 5.56 Å². The van der Waals surface area contributed by atoms with Gasteiger partial charge in [0, 0.05) is 10.9 Å². The number of aryl methyl sites for hydroxylation is 2. The number of H-pyrrole nitrogens is 1. The number of pyridine rings is 1. The molecule has 160 valence electrons. The van der Waals surface area contributed by atoms with E-state index >= 15 is 0 Å². The molecule has 7 nitrogen and oxygen atoms in total. The van der Waals surface area contributed by atoms with Gasteiger partial charge in [0.1, 0.15) is 6.04 Å². The number of tetrazole rings is 1. The Bertz CT molecular complexity index is 1100. The molecule has 1 aromatic carbocycles. The highest BCUT2D eigenvalue weighted by Crippen LogP contribution is 2.32. The van der Waals surface area contributed by atoms with Crippen molar-refractivity contribution in [1.29, 1.82) is 0 Å². The lowest BCUT2D eigenvalue weighted by Crippen LogP contribution is -2.38. The van der Waals surface area contributed by atoms with Gasteiger partial charge in [-0.25, -0.2) is 4.68 Å². The molecule has 1 N–H and O–H groups in total. The molecule has 0 bridgehead atoms. The largest absolute Gasteiger partial charge is 0.321 e. The number of likely N-dealkylation sites (tertiary alicyclic amines) is 1. The molecular weight excluding hydrogens is 376 g/mol. The Morgan fingerprint density at radius 1 is 1.03 bits per heavy atom. The second kappa shape index (κ2) is 7.95. The summed E-state index contributed by atoms with van der Waals surface area (Å²) < 4.78 is 1.87. The van der Waals surface area contributed by atoms with Crippen molar-refractivity contribution in [3.63, 3.8) is 0 Å². The van der Waals surface area contributed by atoms with Gasteiger partial charge in [-0.15, -0.1) is 5.10 Å². The van der Waals surface area contributed by atoms with Crippen LogP contribution in [0.15, 0.2) is 23.0 Å². The smallest absolute Gasteiger partial charge is 0.253 e. The minimum atomic E-state index is -0.279. The summed E-state index contributed by atoms with van der Waals surface area (Å²) in [6, 6.07) is 5.96. The number of fused-ring (bicyclic) bond motifs is 1. The van der Waals surface area contributed by atoms with E-state index < -0.39 is 0 Å². The van der Waals surface area contributed by atoms with E-state index in [1.54, 1.807) is 0 Å². The zero-order valence-electron chi connectivity index (χ0n) is 18.7. The molecule has 1 atom stereocenters. The van der Waals surface area contributed by atoms with Crippen molar-refractivity contribution in [3.05, 3.63) is 51.1 Å². The maximum atomic E-state index is 13.4. The minimum absolute atomic E-state index is 0.0612. The predicted octanol–water partition coefficient (Wildman–Crippen LogP) is 3.85. The summed E-state index contributed by atoms with van der Waals surface area (Å²) in [6.45, 7) is 12.3. The standard InChI is InChI=1S/C23H32N6O/c1-15-10-11-16(2)19-17(15)14-18(22(30)24-19)20(28-12-8-6-7-9-13-28)21-25-26-27-29(21)23(3,4)5/h10-11,14,20H,6-9,12-13H2,1-5H3,(H,24,30)/t20-/m1/s1. The zero-order valence-corrected chi connectivity index (χ0v) is 18.7. The van der Waals surface area contributed by atoms with Gasteiger partial charge in [-0.3, -0.25) is 9.69 Å². The monoisotopic (exact) mass is 408 g/mol. The molecule has 0 unspecified atom stereocenters. The van der Waals surface area contributed by atoms with Gasteiger partial charge < -0.3 is 4.98 Å². The third-order valence-electron chi connectivity index (χ3n) is 6.15. The fraction of sp³-hybridized carbons (Fsp3) is 0.565. The van der Waals surface area contributed by atoms with Gasteiger partial charge in [0.05, 0.1) is 11.1 Å². The Morgan fingerprint density at radius 2 is 1.70 bits per heavy atom. The number of nitrogens with one attached hydrogen (secondary N) is 1. The number of nitrogens with zero attached hydrogens (tertiary/aromatic N) is 5. The quantitative estimate of drug-likeness (QED) is 0.712. The highest BCUT2D eigenvalue weighted by atomic mass is 16.1. The van der Waals surface area contributed by atoms with Gasteiger partial charge in [0.2, 0.25) is 0 Å². The van der Waals surface area contributed by atoms with E-state index in [1.165, 1.54) is 12.8 Å². The first kappa shape index (κ1) is 20.7. The zero-order chi connectivity index (χ0) is 21.5. The number of hydrogen-bond donors (Lipinski definition) is 1. The lowest BCUT2D eigenvalue weighted by atomic mass is 9.98. The molecule has 0 radical (unpaired) electrons. The molecule has 2 aromatic heterocycles. The van der Waals surface area contributed by atoms with E-state index in [0.717, 1.165) is 59.3 Å². The molecule has 3 heterocycles. The van der Waals surface area contributed by atoms with Crippen LogP contribution in [-0.4, -0.2) is 43.2 Å². The summed E-state index contributed by atoms with van der Waals surface area (Å²) in [5.74, 6) is 0.736. The first-order valence-corrected chi connectivity index (χ1v) is 10.9. The fourth-order valence-electron chi connectivity index (χ4n) is 4.49. The maximum absolute atomic E-state index is 13.4. The van der Waals surface area contributed by atoms with Crippen LogP contribution in [0.1, 0.15) is 75.0 Å². The normalized spacial score (nSPS) is 17.2. The summed E-state index contributed by atoms with van der Waals surface area (Å²) in [4.78, 5) is 18.9. The fourth-order valence-corrected chi connectivity index (χ4v) is 4.49. The number of hydrogen-bond acceptors (Lipinski definition) is 5. The topological polar surface area (TPSA) is 79.7 Å². The Kier molecular flexibility index (Phi) is 5.49. The van der Waals surface area contributed by atoms with Crippen molar-refractivity contribution in [3.8, 4) is 0 Å². The molecule has 1 aliphatic heterocycles. The van der Waals surface area contributed by atoms with Crippen LogP contribution in [0.4, 0.5) is 0 Å². The summed E-state index contributed by atoms with van der Waals surface area (Å²) in [7, 11) is 0. The van der Waals surface area contributed by atoms with Crippen LogP contribution in [0.5, 0.6) is 0 Å². The molecule has 7 heteroatoms. The third kappa shape index (κ3) is 3.78. The van der Waals surface area contributed by atoms with Crippen LogP contribution in [0.2, 0.25) is 0 Å². The molecule has 0 aliphatic carbocycles. The van der Waals surface area contributed by atoms with Gasteiger partial charge in [-0.2, -0.15) is 0 Å². The molecular formula is C23H32N6O. The van der Waals surface area contributed by atoms with Gasteiger partial charge in [-0.1, -0.05) is 25.0 Å². The van der Waals surface area contributed by atoms with E-state index in [1.807, 2.05) is 11.6 Å². The average Bonchev–Trinajstić information content (AvgIpc) is 3.03. The molecule has 1 aliphatic rings. The average molecular weight is 409 g/mol. The minimum Gasteiger partial charge on any atom is -0.321 e. The van der Waals surface area contributed by atoms with Gasteiger partial charge in [0.15, 0.2) is 5.82 Å². The number of benzene rings is 1. The Hall–Kier alpha value is -2.54. The Balaban J connectivity index is 1.95. The first-order chi connectivity index (χ1) is 14.3. The molecule has 1 saturated heterocycles. The van der Waals surface area contributed by atoms with Gasteiger partial charge in [-0.05, 0) is 88.2 Å². The van der Waals surface area contributed by atoms with Crippen LogP contribution in [0.25, 0.3) is 10.9 Å². The molecule has 0 saturated carbocycles. The van der Waals surface area contributed by atoms with E-state index in [9.17, 15) is 4.79 Å². The van der Waals surface area contributed by atoms with Crippen LogP contribution in [0.3, 0.4) is 0 Å². The van der Waals surface area contributed by atoms with Crippen molar-refractivity contribution < 1.29 is 0 Å². The Labute approximate surface area is 177 Å². The highest BCUT2D eigenvalue weighted by Gasteiger charge is 2.33. The summed E-state index contributed by atoms with van der Waals surface area (Å²) in [5, 5.41) is 13.8. The summed E-state index contributed by atoms with van der Waals surface area (Å²) in [5.41, 5.74) is 3.52. The van der Waals surface area contributed by atoms with Crippen LogP contribution in [-0.2, 0) is 5.54 Å². The number of aromatic amines is 1. The molecule has 0 spiro atoms. The van der Waals surface area contributed by atoms with Crippen molar-refractivity contribution in [2.45, 2.75) is 71.9 Å². The SMILES string of the molecule is Cc1ccc(C)c2[nH]c(=O)c([C@H](c3nnnn3C(C)(C)C)N3CCCCCC3)cc12. The lowest BCUT2D eigenvalue weighted by Gasteiger charge is -2.32. The van der Waals surface area contributed by atoms with Crippen LogP contribution >= 0.6 is 0 Å². The highest BCUT2D eigenvalue weighted by molar-refractivity contribution is 5.85. The molecule has 30 heavy (non-hydrogen) atoms. The molecule has 3 aromatic rings. The second-order valence-corrected chi connectivity index (χ2v) is 9.51. The van der Waals surface area contributed by atoms with E-state index in [2.05, 4.69) is 71.3 Å². The van der Waals surface area contributed by atoms with Gasteiger partial charge >= 0.3 is 0 Å². The molecule has 1 fully saturated rings. The van der Waals surface area contributed by atoms with Crippen molar-refractivity contribution >= 4 is 10.9 Å². The van der Waals surface area contributed by atoms with E-state index in [4.69, 9.17) is 0 Å². The Morgan fingerprint density at radius 3 is 2.37 bits per heavy atom. The number of rotatable bonds is 3. The second-order valence-electron chi connectivity index (χ2n) is 9.51. The van der Waals surface area contributed by atoms with E-state index in [-0.39, 0.29) is 17.1 Å².